The number of nitrogens with one attached hydrogen (secondary N) is 1. The molecular weight excluding hydrogens is 276 g/mol. The van der Waals surface area contributed by atoms with Gasteiger partial charge in [0.25, 0.3) is 5.91 Å². The lowest BCUT2D eigenvalue weighted by Crippen LogP contribution is -2.42. The molecule has 2 N–H and O–H groups in total. The van der Waals surface area contributed by atoms with Gasteiger partial charge in [-0.2, -0.15) is 0 Å². The van der Waals surface area contributed by atoms with Gasteiger partial charge in [-0.05, 0) is 50.5 Å². The molecule has 1 amide bonds. The molecule has 0 radical (unpaired) electrons. The Morgan fingerprint density at radius 1 is 1.32 bits per heavy atom. The van der Waals surface area contributed by atoms with Gasteiger partial charge in [0, 0.05) is 35.8 Å². The highest BCUT2D eigenvalue weighted by atomic mass is 16.3. The van der Waals surface area contributed by atoms with Crippen LogP contribution in [-0.2, 0) is 0 Å². The number of carbonyl (C=O) groups excluding carboxylic acids is 1. The first-order chi connectivity index (χ1) is 10.4. The lowest BCUT2D eigenvalue weighted by molar-refractivity contribution is 0.0157. The first-order valence-corrected chi connectivity index (χ1v) is 7.96. The molecule has 0 bridgehead atoms. The molecule has 1 aromatic heterocycles. The van der Waals surface area contributed by atoms with E-state index in [9.17, 15) is 9.90 Å². The Kier molecular flexibility index (Phi) is 3.73. The molecule has 4 nitrogen and oxygen atoms in total. The lowest BCUT2D eigenvalue weighted by atomic mass is 10.0. The minimum absolute atomic E-state index is 0.0273. The fourth-order valence-corrected chi connectivity index (χ4v) is 3.52. The van der Waals surface area contributed by atoms with E-state index in [1.807, 2.05) is 25.1 Å². The smallest absolute Gasteiger partial charge is 0.253 e. The first-order valence-electron chi connectivity index (χ1n) is 7.96. The highest BCUT2D eigenvalue weighted by Crippen LogP contribution is 2.30. The van der Waals surface area contributed by atoms with Gasteiger partial charge < -0.3 is 15.0 Å². The molecule has 0 unspecified atom stereocenters. The number of H-pyrrole nitrogens is 1. The Balaban J connectivity index is 1.83. The number of carbonyl (C=O) groups is 1. The summed E-state index contributed by atoms with van der Waals surface area (Å²) >= 11 is 0. The Bertz CT molecular complexity index is 711. The van der Waals surface area contributed by atoms with E-state index in [-0.39, 0.29) is 5.91 Å². The Hall–Kier alpha value is -1.81. The van der Waals surface area contributed by atoms with Crippen molar-refractivity contribution in [1.29, 1.82) is 0 Å². The third-order valence-electron chi connectivity index (χ3n) is 4.97. The number of hydrogen-bond acceptors (Lipinski definition) is 2. The van der Waals surface area contributed by atoms with E-state index in [2.05, 4.69) is 11.9 Å². The molecule has 22 heavy (non-hydrogen) atoms. The molecule has 118 valence electrons. The molecule has 0 aliphatic heterocycles. The standard InChI is InChI=1S/C18H24N2O2/c1-12-13(2)19-16-7-6-14(10-15(12)16)17(21)20(3)11-18(22)8-4-5-9-18/h6-7,10,19,22H,4-5,8-9,11H2,1-3H3. The number of benzene rings is 1. The van der Waals surface area contributed by atoms with Crippen molar-refractivity contribution in [3.8, 4) is 0 Å². The van der Waals surface area contributed by atoms with Gasteiger partial charge in [-0.3, -0.25) is 4.79 Å². The molecule has 1 aliphatic carbocycles. The number of aromatic amines is 1. The third kappa shape index (κ3) is 2.63. The lowest BCUT2D eigenvalue weighted by Gasteiger charge is -2.28. The second-order valence-electron chi connectivity index (χ2n) is 6.73. The zero-order valence-electron chi connectivity index (χ0n) is 13.6. The predicted molar refractivity (Wildman–Crippen MR) is 88.2 cm³/mol. The van der Waals surface area contributed by atoms with Crippen molar-refractivity contribution in [2.45, 2.75) is 45.1 Å². The van der Waals surface area contributed by atoms with Crippen molar-refractivity contribution in [3.63, 3.8) is 0 Å². The van der Waals surface area contributed by atoms with Crippen LogP contribution >= 0.6 is 0 Å². The minimum atomic E-state index is -0.699. The van der Waals surface area contributed by atoms with Gasteiger partial charge in [0.15, 0.2) is 0 Å². The van der Waals surface area contributed by atoms with Crippen LogP contribution in [0.15, 0.2) is 18.2 Å². The van der Waals surface area contributed by atoms with E-state index in [0.717, 1.165) is 42.3 Å². The second kappa shape index (κ2) is 5.43. The SMILES string of the molecule is Cc1[nH]c2ccc(C(=O)N(C)CC3(O)CCCC3)cc2c1C. The Morgan fingerprint density at radius 3 is 2.68 bits per heavy atom. The van der Waals surface area contributed by atoms with Crippen molar-refractivity contribution in [1.82, 2.24) is 9.88 Å². The van der Waals surface area contributed by atoms with Crippen molar-refractivity contribution < 1.29 is 9.90 Å². The fraction of sp³-hybridized carbons (Fsp3) is 0.500. The summed E-state index contributed by atoms with van der Waals surface area (Å²) in [5, 5.41) is 11.6. The molecule has 1 aromatic carbocycles. The molecule has 0 spiro atoms. The van der Waals surface area contributed by atoms with Gasteiger partial charge in [-0.25, -0.2) is 0 Å². The fourth-order valence-electron chi connectivity index (χ4n) is 3.52. The van der Waals surface area contributed by atoms with Crippen LogP contribution in [0.1, 0.15) is 47.3 Å². The summed E-state index contributed by atoms with van der Waals surface area (Å²) in [5.41, 5.74) is 3.35. The maximum atomic E-state index is 12.6. The number of amides is 1. The van der Waals surface area contributed by atoms with Crippen LogP contribution < -0.4 is 0 Å². The van der Waals surface area contributed by atoms with Crippen LogP contribution in [0.25, 0.3) is 10.9 Å². The van der Waals surface area contributed by atoms with E-state index in [0.29, 0.717) is 12.1 Å². The van der Waals surface area contributed by atoms with Crippen molar-refractivity contribution in [2.24, 2.45) is 0 Å². The Labute approximate surface area is 131 Å². The van der Waals surface area contributed by atoms with Crippen LogP contribution in [-0.4, -0.2) is 40.1 Å². The van der Waals surface area contributed by atoms with E-state index < -0.39 is 5.60 Å². The number of fused-ring (bicyclic) bond motifs is 1. The molecule has 1 saturated carbocycles. The van der Waals surface area contributed by atoms with Gasteiger partial charge in [-0.1, -0.05) is 12.8 Å². The highest BCUT2D eigenvalue weighted by Gasteiger charge is 2.33. The van der Waals surface area contributed by atoms with Crippen LogP contribution in [0.5, 0.6) is 0 Å². The van der Waals surface area contributed by atoms with Crippen LogP contribution in [0.3, 0.4) is 0 Å². The summed E-state index contributed by atoms with van der Waals surface area (Å²) in [5.74, 6) is -0.0273. The number of nitrogens with zero attached hydrogens (tertiary/aromatic N) is 1. The van der Waals surface area contributed by atoms with E-state index in [1.165, 1.54) is 5.56 Å². The number of aliphatic hydroxyl groups is 1. The summed E-state index contributed by atoms with van der Waals surface area (Å²) in [4.78, 5) is 17.6. The van der Waals surface area contributed by atoms with Gasteiger partial charge in [0.05, 0.1) is 5.60 Å². The summed E-state index contributed by atoms with van der Waals surface area (Å²) in [6, 6.07) is 5.77. The van der Waals surface area contributed by atoms with Gasteiger partial charge in [-0.15, -0.1) is 0 Å². The number of aromatic nitrogens is 1. The van der Waals surface area contributed by atoms with Crippen molar-refractivity contribution in [3.05, 3.63) is 35.0 Å². The molecule has 2 aromatic rings. The van der Waals surface area contributed by atoms with Crippen molar-refractivity contribution >= 4 is 16.8 Å². The molecule has 1 aliphatic rings. The molecule has 1 heterocycles. The van der Waals surface area contributed by atoms with Gasteiger partial charge in [0.1, 0.15) is 0 Å². The maximum absolute atomic E-state index is 12.6. The minimum Gasteiger partial charge on any atom is -0.388 e. The maximum Gasteiger partial charge on any atom is 0.253 e. The summed E-state index contributed by atoms with van der Waals surface area (Å²) in [7, 11) is 1.78. The number of aryl methyl sites for hydroxylation is 2. The molecule has 1 fully saturated rings. The predicted octanol–water partition coefficient (Wildman–Crippen LogP) is 3.16. The zero-order valence-corrected chi connectivity index (χ0v) is 13.6. The first kappa shape index (κ1) is 15.1. The second-order valence-corrected chi connectivity index (χ2v) is 6.73. The normalized spacial score (nSPS) is 17.1. The summed E-state index contributed by atoms with van der Waals surface area (Å²) in [6.07, 6.45) is 3.68. The Morgan fingerprint density at radius 2 is 2.00 bits per heavy atom. The number of hydrogen-bond donors (Lipinski definition) is 2. The third-order valence-corrected chi connectivity index (χ3v) is 4.97. The average Bonchev–Trinajstić information content (AvgIpc) is 3.03. The van der Waals surface area contributed by atoms with Crippen LogP contribution in [0, 0.1) is 13.8 Å². The highest BCUT2D eigenvalue weighted by molar-refractivity contribution is 5.99. The van der Waals surface area contributed by atoms with Crippen LogP contribution in [0.2, 0.25) is 0 Å². The monoisotopic (exact) mass is 300 g/mol. The number of rotatable bonds is 3. The van der Waals surface area contributed by atoms with Gasteiger partial charge in [0.2, 0.25) is 0 Å². The van der Waals surface area contributed by atoms with E-state index in [1.54, 1.807) is 11.9 Å². The topological polar surface area (TPSA) is 56.3 Å². The van der Waals surface area contributed by atoms with Crippen LogP contribution in [0.4, 0.5) is 0 Å². The molecule has 4 heteroatoms. The quantitative estimate of drug-likeness (QED) is 0.915. The van der Waals surface area contributed by atoms with E-state index in [4.69, 9.17) is 0 Å². The zero-order chi connectivity index (χ0) is 15.9. The van der Waals surface area contributed by atoms with Crippen molar-refractivity contribution in [2.75, 3.05) is 13.6 Å². The van der Waals surface area contributed by atoms with Gasteiger partial charge >= 0.3 is 0 Å². The molecule has 0 saturated heterocycles. The van der Waals surface area contributed by atoms with E-state index >= 15 is 0 Å². The molecule has 3 rings (SSSR count). The summed E-state index contributed by atoms with van der Waals surface area (Å²) < 4.78 is 0. The number of likely N-dealkylation sites (N-methyl/N-ethyl adjacent to an activating group) is 1. The molecular formula is C18H24N2O2. The summed E-state index contributed by atoms with van der Waals surface area (Å²) in [6.45, 7) is 4.51. The largest absolute Gasteiger partial charge is 0.388 e. The average molecular weight is 300 g/mol. The molecule has 0 atom stereocenters.